The van der Waals surface area contributed by atoms with Crippen LogP contribution in [0.1, 0.15) is 57.8 Å². The Hall–Kier alpha value is -2.70. The average molecular weight is 353 g/mol. The lowest BCUT2D eigenvalue weighted by molar-refractivity contribution is 0.661. The highest BCUT2D eigenvalue weighted by atomic mass is 15.4. The van der Waals surface area contributed by atoms with Crippen molar-refractivity contribution in [1.82, 2.24) is 24.8 Å². The predicted octanol–water partition coefficient (Wildman–Crippen LogP) is 3.86. The molecule has 0 amide bonds. The van der Waals surface area contributed by atoms with E-state index in [9.17, 15) is 0 Å². The van der Waals surface area contributed by atoms with Gasteiger partial charge in [-0.25, -0.2) is 0 Å². The van der Waals surface area contributed by atoms with Gasteiger partial charge in [-0.05, 0) is 24.5 Å². The molecule has 0 aliphatic carbocycles. The van der Waals surface area contributed by atoms with E-state index in [2.05, 4.69) is 53.5 Å². The van der Waals surface area contributed by atoms with Gasteiger partial charge in [0.05, 0.1) is 5.69 Å². The lowest BCUT2D eigenvalue weighted by Gasteiger charge is -2.17. The maximum atomic E-state index is 4.74. The van der Waals surface area contributed by atoms with Crippen molar-refractivity contribution in [3.05, 3.63) is 42.0 Å². The highest BCUT2D eigenvalue weighted by Gasteiger charge is 2.16. The SMILES string of the molecule is CCC(CC)Nc1cc(NCc2cccnc2)c2nnc(C(C)C)n2n1. The van der Waals surface area contributed by atoms with Crippen LogP contribution >= 0.6 is 0 Å². The van der Waals surface area contributed by atoms with Crippen molar-refractivity contribution in [2.75, 3.05) is 10.6 Å². The van der Waals surface area contributed by atoms with Gasteiger partial charge in [0, 0.05) is 37.0 Å². The minimum Gasteiger partial charge on any atom is -0.378 e. The van der Waals surface area contributed by atoms with Gasteiger partial charge >= 0.3 is 0 Å². The molecule has 7 nitrogen and oxygen atoms in total. The number of nitrogens with one attached hydrogen (secondary N) is 2. The van der Waals surface area contributed by atoms with E-state index in [0.29, 0.717) is 12.6 Å². The van der Waals surface area contributed by atoms with Gasteiger partial charge in [-0.2, -0.15) is 4.52 Å². The summed E-state index contributed by atoms with van der Waals surface area (Å²) < 4.78 is 1.85. The largest absolute Gasteiger partial charge is 0.378 e. The zero-order valence-electron chi connectivity index (χ0n) is 15.9. The molecule has 138 valence electrons. The first kappa shape index (κ1) is 18.1. The summed E-state index contributed by atoms with van der Waals surface area (Å²) in [5.41, 5.74) is 2.77. The normalized spacial score (nSPS) is 11.5. The van der Waals surface area contributed by atoms with Gasteiger partial charge in [0.15, 0.2) is 5.82 Å². The molecule has 3 rings (SSSR count). The number of hydrogen-bond donors (Lipinski definition) is 2. The summed E-state index contributed by atoms with van der Waals surface area (Å²) in [6.45, 7) is 9.23. The van der Waals surface area contributed by atoms with Gasteiger partial charge in [0.1, 0.15) is 5.82 Å². The van der Waals surface area contributed by atoms with Gasteiger partial charge < -0.3 is 10.6 Å². The highest BCUT2D eigenvalue weighted by molar-refractivity contribution is 5.70. The fourth-order valence-electron chi connectivity index (χ4n) is 2.86. The van der Waals surface area contributed by atoms with Crippen LogP contribution in [0.25, 0.3) is 5.65 Å². The second-order valence-corrected chi connectivity index (χ2v) is 6.76. The molecular weight excluding hydrogens is 326 g/mol. The summed E-state index contributed by atoms with van der Waals surface area (Å²) in [4.78, 5) is 4.17. The molecule has 7 heteroatoms. The quantitative estimate of drug-likeness (QED) is 0.640. The van der Waals surface area contributed by atoms with E-state index in [-0.39, 0.29) is 5.92 Å². The fraction of sp³-hybridized carbons (Fsp3) is 0.474. The maximum Gasteiger partial charge on any atom is 0.201 e. The second-order valence-electron chi connectivity index (χ2n) is 6.76. The summed E-state index contributed by atoms with van der Waals surface area (Å²) in [7, 11) is 0. The molecule has 3 aromatic heterocycles. The summed E-state index contributed by atoms with van der Waals surface area (Å²) >= 11 is 0. The second kappa shape index (κ2) is 8.12. The first-order valence-electron chi connectivity index (χ1n) is 9.28. The Morgan fingerprint density at radius 3 is 2.62 bits per heavy atom. The van der Waals surface area contributed by atoms with E-state index in [1.54, 1.807) is 6.20 Å². The van der Waals surface area contributed by atoms with Crippen molar-refractivity contribution in [2.24, 2.45) is 0 Å². The van der Waals surface area contributed by atoms with Crippen molar-refractivity contribution >= 4 is 17.2 Å². The molecule has 0 bridgehead atoms. The molecule has 0 saturated heterocycles. The van der Waals surface area contributed by atoms with E-state index in [1.165, 1.54) is 0 Å². The lowest BCUT2D eigenvalue weighted by Crippen LogP contribution is -2.19. The van der Waals surface area contributed by atoms with Crippen LogP contribution in [-0.2, 0) is 6.54 Å². The Balaban J connectivity index is 1.96. The average Bonchev–Trinajstić information content (AvgIpc) is 3.09. The third-order valence-corrected chi connectivity index (χ3v) is 4.45. The Kier molecular flexibility index (Phi) is 5.65. The van der Waals surface area contributed by atoms with Crippen molar-refractivity contribution in [1.29, 1.82) is 0 Å². The van der Waals surface area contributed by atoms with Crippen LogP contribution in [0, 0.1) is 0 Å². The third kappa shape index (κ3) is 3.92. The molecule has 0 spiro atoms. The van der Waals surface area contributed by atoms with Crippen LogP contribution in [0.4, 0.5) is 11.5 Å². The molecule has 0 aliphatic heterocycles. The number of rotatable bonds is 8. The minimum absolute atomic E-state index is 0.243. The van der Waals surface area contributed by atoms with Crippen molar-refractivity contribution in [3.63, 3.8) is 0 Å². The molecule has 0 atom stereocenters. The van der Waals surface area contributed by atoms with Crippen molar-refractivity contribution in [3.8, 4) is 0 Å². The molecule has 0 radical (unpaired) electrons. The molecule has 3 heterocycles. The molecule has 0 fully saturated rings. The molecule has 0 aliphatic rings. The molecule has 3 aromatic rings. The van der Waals surface area contributed by atoms with Crippen LogP contribution in [-0.4, -0.2) is 30.8 Å². The zero-order valence-corrected chi connectivity index (χ0v) is 15.9. The summed E-state index contributed by atoms with van der Waals surface area (Å²) in [5, 5.41) is 20.4. The topological polar surface area (TPSA) is 80.0 Å². The third-order valence-electron chi connectivity index (χ3n) is 4.45. The number of pyridine rings is 1. The van der Waals surface area contributed by atoms with Gasteiger partial charge in [-0.1, -0.05) is 33.8 Å². The van der Waals surface area contributed by atoms with Crippen LogP contribution < -0.4 is 10.6 Å². The van der Waals surface area contributed by atoms with Crippen LogP contribution in [0.15, 0.2) is 30.6 Å². The Bertz CT molecular complexity index is 838. The standard InChI is InChI=1S/C19H27N7/c1-5-15(6-2)22-17-10-16(21-12-14-8-7-9-20-11-14)19-24-23-18(13(3)4)26(19)25-17/h7-11,13,15,21H,5-6,12H2,1-4H3,(H,22,25). The number of nitrogens with zero attached hydrogens (tertiary/aromatic N) is 5. The predicted molar refractivity (Wildman–Crippen MR) is 104 cm³/mol. The highest BCUT2D eigenvalue weighted by Crippen LogP contribution is 2.23. The number of fused-ring (bicyclic) bond motifs is 1. The molecule has 0 saturated carbocycles. The van der Waals surface area contributed by atoms with E-state index >= 15 is 0 Å². The summed E-state index contributed by atoms with van der Waals surface area (Å²) in [6.07, 6.45) is 5.74. The van der Waals surface area contributed by atoms with Gasteiger partial charge in [0.2, 0.25) is 5.65 Å². The Morgan fingerprint density at radius 1 is 1.15 bits per heavy atom. The van der Waals surface area contributed by atoms with E-state index in [1.807, 2.05) is 28.9 Å². The van der Waals surface area contributed by atoms with E-state index in [4.69, 9.17) is 5.10 Å². The Morgan fingerprint density at radius 2 is 1.96 bits per heavy atom. The van der Waals surface area contributed by atoms with E-state index in [0.717, 1.165) is 41.4 Å². The molecule has 2 N–H and O–H groups in total. The molecule has 0 aromatic carbocycles. The van der Waals surface area contributed by atoms with Gasteiger partial charge in [-0.15, -0.1) is 15.3 Å². The maximum absolute atomic E-state index is 4.74. The molecule has 0 unspecified atom stereocenters. The lowest BCUT2D eigenvalue weighted by atomic mass is 10.2. The Labute approximate surface area is 154 Å². The fourth-order valence-corrected chi connectivity index (χ4v) is 2.86. The van der Waals surface area contributed by atoms with E-state index < -0.39 is 0 Å². The molecular formula is C19H27N7. The molecule has 26 heavy (non-hydrogen) atoms. The number of aromatic nitrogens is 5. The summed E-state index contributed by atoms with van der Waals surface area (Å²) in [5.74, 6) is 1.94. The van der Waals surface area contributed by atoms with Crippen LogP contribution in [0.2, 0.25) is 0 Å². The van der Waals surface area contributed by atoms with Crippen LogP contribution in [0.5, 0.6) is 0 Å². The summed E-state index contributed by atoms with van der Waals surface area (Å²) in [6, 6.07) is 6.39. The zero-order chi connectivity index (χ0) is 18.5. The van der Waals surface area contributed by atoms with Gasteiger partial charge in [-0.3, -0.25) is 4.98 Å². The van der Waals surface area contributed by atoms with Crippen molar-refractivity contribution in [2.45, 2.75) is 59.0 Å². The first-order chi connectivity index (χ1) is 12.6. The first-order valence-corrected chi connectivity index (χ1v) is 9.28. The number of hydrogen-bond acceptors (Lipinski definition) is 6. The monoisotopic (exact) mass is 353 g/mol. The smallest absolute Gasteiger partial charge is 0.201 e. The van der Waals surface area contributed by atoms with Crippen LogP contribution in [0.3, 0.4) is 0 Å². The van der Waals surface area contributed by atoms with Gasteiger partial charge in [0.25, 0.3) is 0 Å². The number of anilines is 2. The van der Waals surface area contributed by atoms with Crippen molar-refractivity contribution < 1.29 is 0 Å². The minimum atomic E-state index is 0.243.